The molecule has 0 atom stereocenters. The van der Waals surface area contributed by atoms with Crippen LogP contribution in [0.2, 0.25) is 0 Å². The first kappa shape index (κ1) is 9.71. The zero-order chi connectivity index (χ0) is 11.0. The number of fused-ring (bicyclic) bond motifs is 1. The van der Waals surface area contributed by atoms with Crippen molar-refractivity contribution in [3.05, 3.63) is 54.6 Å². The summed E-state index contributed by atoms with van der Waals surface area (Å²) in [6.07, 6.45) is 0. The SMILES string of the molecule is Nc1[se]c2ccccc2c1-c1ccccc1. The Hall–Kier alpha value is -1.50. The van der Waals surface area contributed by atoms with Gasteiger partial charge in [-0.1, -0.05) is 0 Å². The molecule has 0 unspecified atom stereocenters. The van der Waals surface area contributed by atoms with E-state index in [2.05, 4.69) is 48.5 Å². The first-order valence-electron chi connectivity index (χ1n) is 5.18. The fourth-order valence-corrected chi connectivity index (χ4v) is 4.05. The van der Waals surface area contributed by atoms with Gasteiger partial charge in [-0.15, -0.1) is 0 Å². The molecule has 3 rings (SSSR count). The van der Waals surface area contributed by atoms with Crippen LogP contribution in [-0.2, 0) is 0 Å². The summed E-state index contributed by atoms with van der Waals surface area (Å²) in [6, 6.07) is 18.9. The van der Waals surface area contributed by atoms with Gasteiger partial charge in [0.05, 0.1) is 0 Å². The van der Waals surface area contributed by atoms with Gasteiger partial charge in [-0.2, -0.15) is 0 Å². The Morgan fingerprint density at radius 3 is 2.31 bits per heavy atom. The molecule has 2 aromatic carbocycles. The fraction of sp³-hybridized carbons (Fsp3) is 0. The van der Waals surface area contributed by atoms with Gasteiger partial charge in [-0.3, -0.25) is 0 Å². The van der Waals surface area contributed by atoms with Crippen LogP contribution in [0.5, 0.6) is 0 Å². The van der Waals surface area contributed by atoms with E-state index in [1.807, 2.05) is 6.07 Å². The van der Waals surface area contributed by atoms with Crippen molar-refractivity contribution in [2.75, 3.05) is 5.73 Å². The first-order valence-corrected chi connectivity index (χ1v) is 6.90. The van der Waals surface area contributed by atoms with Crippen LogP contribution in [0.1, 0.15) is 0 Å². The predicted octanol–water partition coefficient (Wildman–Crippen LogP) is 3.15. The molecule has 2 N–H and O–H groups in total. The maximum atomic E-state index is 6.17. The summed E-state index contributed by atoms with van der Waals surface area (Å²) in [4.78, 5) is 0. The molecular weight excluding hydrogens is 261 g/mol. The third-order valence-electron chi connectivity index (χ3n) is 2.69. The van der Waals surface area contributed by atoms with Gasteiger partial charge in [0.25, 0.3) is 0 Å². The van der Waals surface area contributed by atoms with Crippen molar-refractivity contribution in [3.8, 4) is 11.1 Å². The molecule has 0 saturated carbocycles. The van der Waals surface area contributed by atoms with Gasteiger partial charge in [-0.25, -0.2) is 0 Å². The quantitative estimate of drug-likeness (QED) is 0.677. The molecule has 0 radical (unpaired) electrons. The van der Waals surface area contributed by atoms with Gasteiger partial charge in [0, 0.05) is 0 Å². The second kappa shape index (κ2) is 3.82. The van der Waals surface area contributed by atoms with Crippen molar-refractivity contribution >= 4 is 28.7 Å². The van der Waals surface area contributed by atoms with Crippen molar-refractivity contribution in [3.63, 3.8) is 0 Å². The van der Waals surface area contributed by atoms with Gasteiger partial charge >= 0.3 is 100 Å². The Bertz CT molecular complexity index is 626. The second-order valence-electron chi connectivity index (χ2n) is 3.70. The molecule has 0 bridgehead atoms. The third-order valence-corrected chi connectivity index (χ3v) is 4.78. The average molecular weight is 272 g/mol. The van der Waals surface area contributed by atoms with E-state index in [1.54, 1.807) is 0 Å². The number of nitrogens with two attached hydrogens (primary N) is 1. The number of benzene rings is 2. The van der Waals surface area contributed by atoms with Crippen LogP contribution in [0, 0.1) is 0 Å². The monoisotopic (exact) mass is 273 g/mol. The van der Waals surface area contributed by atoms with Gasteiger partial charge in [0.2, 0.25) is 0 Å². The van der Waals surface area contributed by atoms with E-state index in [0.29, 0.717) is 14.5 Å². The Morgan fingerprint density at radius 2 is 1.50 bits per heavy atom. The van der Waals surface area contributed by atoms with E-state index in [0.717, 1.165) is 4.56 Å². The molecule has 0 fully saturated rings. The van der Waals surface area contributed by atoms with Gasteiger partial charge in [-0.05, 0) is 0 Å². The Kier molecular flexibility index (Phi) is 2.32. The molecule has 0 aliphatic carbocycles. The summed E-state index contributed by atoms with van der Waals surface area (Å²) in [5.41, 5.74) is 8.63. The Morgan fingerprint density at radius 1 is 0.812 bits per heavy atom. The molecule has 1 heterocycles. The minimum atomic E-state index is 0.293. The molecule has 0 aliphatic heterocycles. The summed E-state index contributed by atoms with van der Waals surface area (Å²) in [6.45, 7) is 0. The zero-order valence-corrected chi connectivity index (χ0v) is 10.4. The number of anilines is 1. The molecule has 1 aromatic heterocycles. The van der Waals surface area contributed by atoms with E-state index in [4.69, 9.17) is 5.73 Å². The second-order valence-corrected chi connectivity index (χ2v) is 5.98. The van der Waals surface area contributed by atoms with Crippen molar-refractivity contribution in [1.29, 1.82) is 0 Å². The molecule has 0 aliphatic rings. The molecule has 0 saturated heterocycles. The minimum absolute atomic E-state index is 0.293. The van der Waals surface area contributed by atoms with Crippen LogP contribution in [0.25, 0.3) is 20.8 Å². The van der Waals surface area contributed by atoms with Crippen LogP contribution >= 0.6 is 0 Å². The number of hydrogen-bond donors (Lipinski definition) is 1. The molecule has 2 heteroatoms. The molecule has 78 valence electrons. The van der Waals surface area contributed by atoms with E-state index >= 15 is 0 Å². The van der Waals surface area contributed by atoms with Crippen LogP contribution in [0.15, 0.2) is 54.6 Å². The van der Waals surface area contributed by atoms with Gasteiger partial charge in [0.1, 0.15) is 0 Å². The summed E-state index contributed by atoms with van der Waals surface area (Å²) < 4.78 is 2.44. The maximum absolute atomic E-state index is 6.17. The third kappa shape index (κ3) is 1.47. The first-order chi connectivity index (χ1) is 7.86. The van der Waals surface area contributed by atoms with Crippen molar-refractivity contribution in [2.45, 2.75) is 0 Å². The van der Waals surface area contributed by atoms with Crippen molar-refractivity contribution in [2.24, 2.45) is 0 Å². The molecule has 0 spiro atoms. The van der Waals surface area contributed by atoms with Crippen molar-refractivity contribution in [1.82, 2.24) is 0 Å². The van der Waals surface area contributed by atoms with Gasteiger partial charge in [0.15, 0.2) is 0 Å². The van der Waals surface area contributed by atoms with E-state index in [1.165, 1.54) is 20.8 Å². The van der Waals surface area contributed by atoms with E-state index in [9.17, 15) is 0 Å². The standard InChI is InChI=1S/C14H11NSe/c15-14-13(10-6-2-1-3-7-10)11-8-4-5-9-12(11)16-14/h1-9H,15H2. The summed E-state index contributed by atoms with van der Waals surface area (Å²) in [5.74, 6) is 0. The van der Waals surface area contributed by atoms with Crippen LogP contribution < -0.4 is 5.73 Å². The van der Waals surface area contributed by atoms with E-state index < -0.39 is 0 Å². The average Bonchev–Trinajstić information content (AvgIpc) is 2.66. The normalized spacial score (nSPS) is 10.8. The summed E-state index contributed by atoms with van der Waals surface area (Å²) >= 11 is 0.293. The Labute approximate surface area is 100 Å². The predicted molar refractivity (Wildman–Crippen MR) is 70.7 cm³/mol. The summed E-state index contributed by atoms with van der Waals surface area (Å²) in [7, 11) is 0. The topological polar surface area (TPSA) is 26.0 Å². The van der Waals surface area contributed by atoms with Crippen LogP contribution in [0.3, 0.4) is 0 Å². The molecule has 1 nitrogen and oxygen atoms in total. The molecule has 16 heavy (non-hydrogen) atoms. The zero-order valence-electron chi connectivity index (χ0n) is 8.68. The number of hydrogen-bond acceptors (Lipinski definition) is 1. The number of nitrogen functional groups attached to an aromatic ring is 1. The fourth-order valence-electron chi connectivity index (χ4n) is 1.97. The Balaban J connectivity index is 2.35. The molecular formula is C14H11NSe. The number of rotatable bonds is 1. The van der Waals surface area contributed by atoms with Crippen LogP contribution in [0.4, 0.5) is 4.56 Å². The molecule has 0 amide bonds. The summed E-state index contributed by atoms with van der Waals surface area (Å²) in [5, 5.41) is 1.31. The van der Waals surface area contributed by atoms with Gasteiger partial charge < -0.3 is 0 Å². The van der Waals surface area contributed by atoms with E-state index in [-0.39, 0.29) is 0 Å². The van der Waals surface area contributed by atoms with Crippen LogP contribution in [-0.4, -0.2) is 14.5 Å². The van der Waals surface area contributed by atoms with Crippen molar-refractivity contribution < 1.29 is 0 Å². The molecule has 3 aromatic rings.